The van der Waals surface area contributed by atoms with Gasteiger partial charge in [0.1, 0.15) is 0 Å². The fourth-order valence-corrected chi connectivity index (χ4v) is 0.903. The fourth-order valence-electron chi connectivity index (χ4n) is 0.903. The molecule has 0 amide bonds. The first-order valence-electron chi connectivity index (χ1n) is 5.58. The lowest BCUT2D eigenvalue weighted by Crippen LogP contribution is -2.36. The van der Waals surface area contributed by atoms with Gasteiger partial charge in [0.05, 0.1) is 0 Å². The SMILES string of the molecule is COC(C)(OC)OC(=O)/C=C/C(=O)OC(C)(OC)OC. The lowest BCUT2D eigenvalue weighted by molar-refractivity contribution is -0.332. The molecule has 0 saturated carbocycles. The van der Waals surface area contributed by atoms with Gasteiger partial charge in [-0.1, -0.05) is 0 Å². The van der Waals surface area contributed by atoms with Crippen LogP contribution in [0.15, 0.2) is 12.2 Å². The third-order valence-corrected chi connectivity index (χ3v) is 2.41. The van der Waals surface area contributed by atoms with Gasteiger partial charge in [-0.3, -0.25) is 0 Å². The molecule has 0 spiro atoms. The summed E-state index contributed by atoms with van der Waals surface area (Å²) >= 11 is 0. The summed E-state index contributed by atoms with van der Waals surface area (Å²) in [6.45, 7) is 2.79. The van der Waals surface area contributed by atoms with E-state index in [1.54, 1.807) is 0 Å². The average molecular weight is 292 g/mol. The van der Waals surface area contributed by atoms with Crippen molar-refractivity contribution in [2.75, 3.05) is 28.4 Å². The molecule has 0 aromatic carbocycles. The van der Waals surface area contributed by atoms with Crippen LogP contribution in [-0.2, 0) is 38.0 Å². The summed E-state index contributed by atoms with van der Waals surface area (Å²) in [5, 5.41) is 0. The van der Waals surface area contributed by atoms with Crippen LogP contribution in [0.2, 0.25) is 0 Å². The maximum Gasteiger partial charge on any atom is 0.335 e. The lowest BCUT2D eigenvalue weighted by atomic mass is 10.5. The highest BCUT2D eigenvalue weighted by Gasteiger charge is 2.28. The van der Waals surface area contributed by atoms with E-state index in [2.05, 4.69) is 0 Å². The molecule has 0 saturated heterocycles. The second-order valence-electron chi connectivity index (χ2n) is 3.72. The standard InChI is InChI=1S/C12H20O8/c1-11(15-3,16-4)19-9(13)7-8-10(14)20-12(2,17-5)18-6/h7-8H,1-6H3/b8-7+. The lowest BCUT2D eigenvalue weighted by Gasteiger charge is -2.25. The van der Waals surface area contributed by atoms with E-state index in [9.17, 15) is 9.59 Å². The minimum absolute atomic E-state index is 0.843. The normalized spacial score (nSPS) is 12.5. The van der Waals surface area contributed by atoms with E-state index >= 15 is 0 Å². The molecule has 0 fully saturated rings. The van der Waals surface area contributed by atoms with Crippen LogP contribution in [-0.4, -0.2) is 52.3 Å². The van der Waals surface area contributed by atoms with Gasteiger partial charge in [-0.05, 0) is 0 Å². The first-order valence-corrected chi connectivity index (χ1v) is 5.58. The molecule has 0 aromatic rings. The molecule has 0 aliphatic heterocycles. The number of hydrogen-bond acceptors (Lipinski definition) is 8. The largest absolute Gasteiger partial charge is 0.405 e. The van der Waals surface area contributed by atoms with Gasteiger partial charge in [0.2, 0.25) is 0 Å². The molecule has 0 N–H and O–H groups in total. The Balaban J connectivity index is 4.50. The van der Waals surface area contributed by atoms with Crippen molar-refractivity contribution in [1.82, 2.24) is 0 Å². The highest BCUT2D eigenvalue weighted by Crippen LogP contribution is 2.13. The summed E-state index contributed by atoms with van der Waals surface area (Å²) < 4.78 is 29.0. The molecule has 0 atom stereocenters. The second-order valence-corrected chi connectivity index (χ2v) is 3.72. The Morgan fingerprint density at radius 3 is 1.15 bits per heavy atom. The molecule has 0 unspecified atom stereocenters. The van der Waals surface area contributed by atoms with E-state index in [-0.39, 0.29) is 0 Å². The van der Waals surface area contributed by atoms with Crippen LogP contribution in [0.3, 0.4) is 0 Å². The van der Waals surface area contributed by atoms with Crippen molar-refractivity contribution in [1.29, 1.82) is 0 Å². The first-order chi connectivity index (χ1) is 9.24. The number of rotatable bonds is 8. The molecule has 0 aliphatic rings. The molecular weight excluding hydrogens is 272 g/mol. The molecule has 0 rings (SSSR count). The minimum Gasteiger partial charge on any atom is -0.405 e. The summed E-state index contributed by atoms with van der Waals surface area (Å²) in [4.78, 5) is 22.9. The van der Waals surface area contributed by atoms with Crippen molar-refractivity contribution in [2.45, 2.75) is 25.8 Å². The van der Waals surface area contributed by atoms with E-state index in [4.69, 9.17) is 28.4 Å². The van der Waals surface area contributed by atoms with Gasteiger partial charge in [0, 0.05) is 54.4 Å². The number of hydrogen-bond donors (Lipinski definition) is 0. The van der Waals surface area contributed by atoms with Crippen molar-refractivity contribution in [2.24, 2.45) is 0 Å². The summed E-state index contributed by atoms with van der Waals surface area (Å²) in [5.41, 5.74) is 0. The minimum atomic E-state index is -1.53. The van der Waals surface area contributed by atoms with Crippen molar-refractivity contribution in [3.8, 4) is 0 Å². The summed E-state index contributed by atoms with van der Waals surface area (Å²) in [6, 6.07) is 0. The van der Waals surface area contributed by atoms with Gasteiger partial charge in [0.25, 0.3) is 0 Å². The van der Waals surface area contributed by atoms with Gasteiger partial charge < -0.3 is 28.4 Å². The zero-order chi connectivity index (χ0) is 15.8. The quantitative estimate of drug-likeness (QED) is 0.364. The highest BCUT2D eigenvalue weighted by molar-refractivity contribution is 5.91. The Labute approximate surface area is 117 Å². The molecule has 8 heteroatoms. The smallest absolute Gasteiger partial charge is 0.335 e. The number of esters is 2. The number of carbonyl (C=O) groups excluding carboxylic acids is 2. The molecule has 20 heavy (non-hydrogen) atoms. The zero-order valence-electron chi connectivity index (χ0n) is 12.4. The van der Waals surface area contributed by atoms with Gasteiger partial charge >= 0.3 is 23.9 Å². The number of methoxy groups -OCH3 is 4. The Morgan fingerprint density at radius 2 is 0.950 bits per heavy atom. The highest BCUT2D eigenvalue weighted by atomic mass is 16.9. The molecule has 116 valence electrons. The van der Waals surface area contributed by atoms with Crippen LogP contribution in [0.25, 0.3) is 0 Å². The van der Waals surface area contributed by atoms with Crippen LogP contribution < -0.4 is 0 Å². The van der Waals surface area contributed by atoms with E-state index in [0.29, 0.717) is 0 Å². The van der Waals surface area contributed by atoms with Gasteiger partial charge in [-0.25, -0.2) is 9.59 Å². The Bertz CT molecular complexity index is 320. The average Bonchev–Trinajstić information content (AvgIpc) is 2.44. The van der Waals surface area contributed by atoms with Crippen molar-refractivity contribution in [3.63, 3.8) is 0 Å². The molecule has 0 heterocycles. The molecule has 8 nitrogen and oxygen atoms in total. The molecular formula is C12H20O8. The van der Waals surface area contributed by atoms with Crippen molar-refractivity contribution < 1.29 is 38.0 Å². The third kappa shape index (κ3) is 6.11. The third-order valence-electron chi connectivity index (χ3n) is 2.41. The number of carbonyl (C=O) groups is 2. The predicted octanol–water partition coefficient (Wildman–Crippen LogP) is 0.562. The molecule has 0 bridgehead atoms. The molecule has 0 aromatic heterocycles. The molecule has 0 radical (unpaired) electrons. The van der Waals surface area contributed by atoms with E-state index in [1.807, 2.05) is 0 Å². The van der Waals surface area contributed by atoms with Crippen LogP contribution in [0, 0.1) is 0 Å². The van der Waals surface area contributed by atoms with Gasteiger partial charge in [-0.2, -0.15) is 0 Å². The maximum absolute atomic E-state index is 11.4. The van der Waals surface area contributed by atoms with Gasteiger partial charge in [0.15, 0.2) is 0 Å². The summed E-state index contributed by atoms with van der Waals surface area (Å²) in [5.74, 6) is -4.74. The predicted molar refractivity (Wildman–Crippen MR) is 66.2 cm³/mol. The number of ether oxygens (including phenoxy) is 6. The van der Waals surface area contributed by atoms with Crippen molar-refractivity contribution >= 4 is 11.9 Å². The van der Waals surface area contributed by atoms with Crippen LogP contribution in [0.4, 0.5) is 0 Å². The summed E-state index contributed by atoms with van der Waals surface area (Å²) in [6.07, 6.45) is 1.73. The maximum atomic E-state index is 11.4. The van der Waals surface area contributed by atoms with Crippen LogP contribution in [0.5, 0.6) is 0 Å². The molecule has 0 aliphatic carbocycles. The van der Waals surface area contributed by atoms with Crippen molar-refractivity contribution in [3.05, 3.63) is 12.2 Å². The van der Waals surface area contributed by atoms with E-state index in [0.717, 1.165) is 12.2 Å². The topological polar surface area (TPSA) is 89.5 Å². The second kappa shape index (κ2) is 7.95. The Morgan fingerprint density at radius 1 is 0.700 bits per heavy atom. The fraction of sp³-hybridized carbons (Fsp3) is 0.667. The zero-order valence-corrected chi connectivity index (χ0v) is 12.4. The Hall–Kier alpha value is -1.48. The Kier molecular flexibility index (Phi) is 7.36. The van der Waals surface area contributed by atoms with E-state index < -0.39 is 23.9 Å². The van der Waals surface area contributed by atoms with Gasteiger partial charge in [-0.15, -0.1) is 0 Å². The van der Waals surface area contributed by atoms with Crippen LogP contribution >= 0.6 is 0 Å². The first kappa shape index (κ1) is 18.5. The summed E-state index contributed by atoms with van der Waals surface area (Å²) in [7, 11) is 5.21. The van der Waals surface area contributed by atoms with E-state index in [1.165, 1.54) is 42.3 Å². The monoisotopic (exact) mass is 292 g/mol. The van der Waals surface area contributed by atoms with Crippen LogP contribution in [0.1, 0.15) is 13.8 Å².